The van der Waals surface area contributed by atoms with Gasteiger partial charge < -0.3 is 19.3 Å². The minimum absolute atomic E-state index is 0.00961. The molecular weight excluding hydrogens is 384 g/mol. The third kappa shape index (κ3) is 7.28. The van der Waals surface area contributed by atoms with E-state index in [-0.39, 0.29) is 12.4 Å². The van der Waals surface area contributed by atoms with Crippen LogP contribution in [0.1, 0.15) is 48.2 Å². The molecule has 160 valence electrons. The van der Waals surface area contributed by atoms with Gasteiger partial charge in [-0.3, -0.25) is 0 Å². The number of aromatic hydroxyl groups is 1. The summed E-state index contributed by atoms with van der Waals surface area (Å²) in [7, 11) is 0. The van der Waals surface area contributed by atoms with Gasteiger partial charge in [0.1, 0.15) is 24.2 Å². The van der Waals surface area contributed by atoms with Crippen LogP contribution in [0.5, 0.6) is 11.5 Å². The summed E-state index contributed by atoms with van der Waals surface area (Å²) in [6.45, 7) is 5.97. The van der Waals surface area contributed by atoms with E-state index in [4.69, 9.17) is 14.2 Å². The summed E-state index contributed by atoms with van der Waals surface area (Å²) in [5.41, 5.74) is 1.17. The molecular formula is C24H28O6. The Kier molecular flexibility index (Phi) is 8.94. The molecule has 2 aromatic carbocycles. The van der Waals surface area contributed by atoms with Gasteiger partial charge in [-0.1, -0.05) is 31.5 Å². The smallest absolute Gasteiger partial charge is 0.338 e. The van der Waals surface area contributed by atoms with E-state index in [2.05, 4.69) is 0 Å². The topological polar surface area (TPSA) is 82.1 Å². The summed E-state index contributed by atoms with van der Waals surface area (Å²) >= 11 is 0. The van der Waals surface area contributed by atoms with Crippen LogP contribution in [-0.4, -0.2) is 36.4 Å². The lowest BCUT2D eigenvalue weighted by atomic mass is 10.0. The Morgan fingerprint density at radius 3 is 2.60 bits per heavy atom. The Balaban J connectivity index is 1.96. The fourth-order valence-corrected chi connectivity index (χ4v) is 2.60. The van der Waals surface area contributed by atoms with Crippen molar-refractivity contribution in [3.63, 3.8) is 0 Å². The standard InChI is InChI=1S/C24H28O6/c1-4-5-13-28-24(27)20-14-17(2)23(26)19(15-20)11-12-22(25)30-18(3)16-29-21-9-7-6-8-10-21/h6-12,14-15,18,26H,4-5,13,16H2,1-3H3/b12-11+. The number of carbonyl (C=O) groups is 2. The van der Waals surface area contributed by atoms with Gasteiger partial charge in [0.05, 0.1) is 12.2 Å². The normalized spacial score (nSPS) is 11.8. The van der Waals surface area contributed by atoms with E-state index in [0.29, 0.717) is 29.0 Å². The highest BCUT2D eigenvalue weighted by Gasteiger charge is 2.13. The van der Waals surface area contributed by atoms with E-state index in [1.54, 1.807) is 19.9 Å². The van der Waals surface area contributed by atoms with Gasteiger partial charge in [0, 0.05) is 11.6 Å². The lowest BCUT2D eigenvalue weighted by molar-refractivity contribution is -0.143. The number of esters is 2. The average Bonchev–Trinajstić information content (AvgIpc) is 2.74. The minimum Gasteiger partial charge on any atom is -0.507 e. The molecule has 0 aliphatic heterocycles. The molecule has 0 aromatic heterocycles. The molecule has 6 heteroatoms. The van der Waals surface area contributed by atoms with E-state index < -0.39 is 18.0 Å². The first-order chi connectivity index (χ1) is 14.4. The molecule has 0 aliphatic carbocycles. The zero-order valence-electron chi connectivity index (χ0n) is 17.6. The molecule has 30 heavy (non-hydrogen) atoms. The predicted octanol–water partition coefficient (Wildman–Crippen LogP) is 4.68. The summed E-state index contributed by atoms with van der Waals surface area (Å²) in [6, 6.07) is 12.3. The van der Waals surface area contributed by atoms with Gasteiger partial charge in [0.2, 0.25) is 0 Å². The van der Waals surface area contributed by atoms with Crippen LogP contribution in [0.3, 0.4) is 0 Å². The molecule has 2 rings (SSSR count). The second-order valence-corrected chi connectivity index (χ2v) is 6.93. The van der Waals surface area contributed by atoms with Crippen LogP contribution in [0, 0.1) is 6.92 Å². The monoisotopic (exact) mass is 412 g/mol. The summed E-state index contributed by atoms with van der Waals surface area (Å²) in [5, 5.41) is 10.2. The fraction of sp³-hybridized carbons (Fsp3) is 0.333. The van der Waals surface area contributed by atoms with E-state index in [9.17, 15) is 14.7 Å². The van der Waals surface area contributed by atoms with Crippen molar-refractivity contribution in [2.24, 2.45) is 0 Å². The zero-order chi connectivity index (χ0) is 21.9. The average molecular weight is 412 g/mol. The number of phenolic OH excluding ortho intramolecular Hbond substituents is 1. The molecule has 0 amide bonds. The number of rotatable bonds is 10. The van der Waals surface area contributed by atoms with Crippen LogP contribution in [0.4, 0.5) is 0 Å². The first-order valence-corrected chi connectivity index (χ1v) is 9.98. The van der Waals surface area contributed by atoms with Crippen molar-refractivity contribution < 1.29 is 28.9 Å². The first kappa shape index (κ1) is 23.0. The van der Waals surface area contributed by atoms with Crippen LogP contribution in [-0.2, 0) is 14.3 Å². The number of benzene rings is 2. The molecule has 1 N–H and O–H groups in total. The molecule has 0 saturated heterocycles. The molecule has 0 heterocycles. The second-order valence-electron chi connectivity index (χ2n) is 6.93. The van der Waals surface area contributed by atoms with E-state index in [0.717, 1.165) is 12.8 Å². The van der Waals surface area contributed by atoms with E-state index in [1.807, 2.05) is 37.3 Å². The molecule has 0 spiro atoms. The van der Waals surface area contributed by atoms with Gasteiger partial charge in [-0.05, 0) is 56.2 Å². The van der Waals surface area contributed by atoms with Crippen molar-refractivity contribution in [2.45, 2.75) is 39.7 Å². The van der Waals surface area contributed by atoms with E-state index in [1.165, 1.54) is 18.2 Å². The number of hydrogen-bond donors (Lipinski definition) is 1. The minimum atomic E-state index is -0.577. The highest BCUT2D eigenvalue weighted by atomic mass is 16.6. The number of unbranched alkanes of at least 4 members (excludes halogenated alkanes) is 1. The van der Waals surface area contributed by atoms with Crippen molar-refractivity contribution in [1.82, 2.24) is 0 Å². The van der Waals surface area contributed by atoms with Crippen molar-refractivity contribution in [2.75, 3.05) is 13.2 Å². The second kappa shape index (κ2) is 11.7. The molecule has 0 bridgehead atoms. The number of aryl methyl sites for hydroxylation is 1. The summed E-state index contributed by atoms with van der Waals surface area (Å²) in [5.74, 6) is -0.355. The van der Waals surface area contributed by atoms with E-state index >= 15 is 0 Å². The van der Waals surface area contributed by atoms with Crippen LogP contribution in [0.2, 0.25) is 0 Å². The first-order valence-electron chi connectivity index (χ1n) is 9.98. The lowest BCUT2D eigenvalue weighted by Crippen LogP contribution is -2.20. The Hall–Kier alpha value is -3.28. The fourth-order valence-electron chi connectivity index (χ4n) is 2.60. The predicted molar refractivity (Wildman–Crippen MR) is 115 cm³/mol. The maximum absolute atomic E-state index is 12.2. The summed E-state index contributed by atoms with van der Waals surface area (Å²) < 4.78 is 16.0. The van der Waals surface area contributed by atoms with Crippen molar-refractivity contribution in [3.8, 4) is 11.5 Å². The van der Waals surface area contributed by atoms with Gasteiger partial charge in [0.25, 0.3) is 0 Å². The Labute approximate surface area is 177 Å². The number of hydrogen-bond acceptors (Lipinski definition) is 6. The molecule has 0 saturated carbocycles. The maximum atomic E-state index is 12.2. The molecule has 1 unspecified atom stereocenters. The zero-order valence-corrected chi connectivity index (χ0v) is 17.6. The Bertz CT molecular complexity index is 873. The van der Waals surface area contributed by atoms with Gasteiger partial charge in [-0.2, -0.15) is 0 Å². The lowest BCUT2D eigenvalue weighted by Gasteiger charge is -2.13. The van der Waals surface area contributed by atoms with Crippen LogP contribution >= 0.6 is 0 Å². The third-order valence-electron chi connectivity index (χ3n) is 4.24. The van der Waals surface area contributed by atoms with Crippen molar-refractivity contribution in [1.29, 1.82) is 0 Å². The molecule has 0 radical (unpaired) electrons. The molecule has 1 atom stereocenters. The number of carbonyl (C=O) groups excluding carboxylic acids is 2. The van der Waals surface area contributed by atoms with Gasteiger partial charge in [-0.25, -0.2) is 9.59 Å². The van der Waals surface area contributed by atoms with Crippen LogP contribution < -0.4 is 4.74 Å². The number of ether oxygens (including phenoxy) is 3. The summed E-state index contributed by atoms with van der Waals surface area (Å²) in [4.78, 5) is 24.3. The number of phenols is 1. The van der Waals surface area contributed by atoms with Gasteiger partial charge >= 0.3 is 11.9 Å². The van der Waals surface area contributed by atoms with Crippen molar-refractivity contribution in [3.05, 3.63) is 65.2 Å². The largest absolute Gasteiger partial charge is 0.507 e. The Morgan fingerprint density at radius 1 is 1.17 bits per heavy atom. The molecule has 0 fully saturated rings. The quantitative estimate of drug-likeness (QED) is 0.347. The highest BCUT2D eigenvalue weighted by molar-refractivity contribution is 5.92. The van der Waals surface area contributed by atoms with Gasteiger partial charge in [-0.15, -0.1) is 0 Å². The van der Waals surface area contributed by atoms with Crippen molar-refractivity contribution >= 4 is 18.0 Å². The molecule has 0 aliphatic rings. The SMILES string of the molecule is CCCCOC(=O)c1cc(C)c(O)c(/C=C/C(=O)OC(C)COc2ccccc2)c1. The molecule has 2 aromatic rings. The van der Waals surface area contributed by atoms with Gasteiger partial charge in [0.15, 0.2) is 0 Å². The Morgan fingerprint density at radius 2 is 1.90 bits per heavy atom. The number of para-hydroxylation sites is 1. The highest BCUT2D eigenvalue weighted by Crippen LogP contribution is 2.26. The van der Waals surface area contributed by atoms with Crippen LogP contribution in [0.25, 0.3) is 6.08 Å². The summed E-state index contributed by atoms with van der Waals surface area (Å²) in [6.07, 6.45) is 3.87. The molecule has 6 nitrogen and oxygen atoms in total. The van der Waals surface area contributed by atoms with Crippen LogP contribution in [0.15, 0.2) is 48.5 Å². The maximum Gasteiger partial charge on any atom is 0.338 e. The third-order valence-corrected chi connectivity index (χ3v) is 4.24.